The van der Waals surface area contributed by atoms with Crippen LogP contribution in [-0.2, 0) is 19.0 Å². The maximum Gasteiger partial charge on any atom is 0.347 e. The third-order valence-corrected chi connectivity index (χ3v) is 6.25. The van der Waals surface area contributed by atoms with Crippen molar-refractivity contribution >= 4 is 29.6 Å². The maximum absolute atomic E-state index is 12.7. The maximum atomic E-state index is 12.7. The van der Waals surface area contributed by atoms with E-state index < -0.39 is 19.0 Å². The zero-order valence-corrected chi connectivity index (χ0v) is 12.8. The first-order valence-corrected chi connectivity index (χ1v) is 9.47. The molecular weight excluding hydrogens is 324 g/mol. The second kappa shape index (κ2) is 5.51. The molecule has 2 aromatic rings. The molecule has 0 saturated heterocycles. The van der Waals surface area contributed by atoms with Gasteiger partial charge >= 0.3 is 9.24 Å². The average molecular weight is 335 g/mol. The van der Waals surface area contributed by atoms with E-state index >= 15 is 0 Å². The van der Waals surface area contributed by atoms with Crippen LogP contribution < -0.4 is 0 Å². The van der Waals surface area contributed by atoms with Gasteiger partial charge in [0, 0.05) is 22.1 Å². The van der Waals surface area contributed by atoms with E-state index in [1.807, 2.05) is 6.07 Å². The minimum atomic E-state index is -4.28. The largest absolute Gasteiger partial charge is 0.347 e. The SMILES string of the molecule is CC[S@](=O)(=NS(=O)(=O)Cl)c1nncn1-c1ccccc1. The van der Waals surface area contributed by atoms with E-state index in [1.165, 1.54) is 17.8 Å². The van der Waals surface area contributed by atoms with Crippen molar-refractivity contribution in [2.45, 2.75) is 12.1 Å². The van der Waals surface area contributed by atoms with Gasteiger partial charge in [0.15, 0.2) is 0 Å². The highest BCUT2D eigenvalue weighted by molar-refractivity contribution is 8.17. The molecule has 0 saturated carbocycles. The van der Waals surface area contributed by atoms with E-state index in [9.17, 15) is 12.6 Å². The number of aromatic nitrogens is 3. The molecular formula is C10H11ClN4O3S2. The summed E-state index contributed by atoms with van der Waals surface area (Å²) in [5.41, 5.74) is 0.649. The Hall–Kier alpha value is -1.45. The van der Waals surface area contributed by atoms with Crippen LogP contribution in [-0.4, -0.2) is 33.1 Å². The van der Waals surface area contributed by atoms with Gasteiger partial charge in [-0.15, -0.1) is 10.2 Å². The van der Waals surface area contributed by atoms with Crippen LogP contribution in [0.3, 0.4) is 0 Å². The third kappa shape index (κ3) is 3.17. The average Bonchev–Trinajstić information content (AvgIpc) is 2.87. The zero-order valence-electron chi connectivity index (χ0n) is 10.4. The van der Waals surface area contributed by atoms with Gasteiger partial charge < -0.3 is 0 Å². The van der Waals surface area contributed by atoms with Gasteiger partial charge in [0.2, 0.25) is 5.16 Å². The lowest BCUT2D eigenvalue weighted by molar-refractivity contribution is 0.610. The number of halogens is 1. The lowest BCUT2D eigenvalue weighted by Crippen LogP contribution is -2.12. The predicted octanol–water partition coefficient (Wildman–Crippen LogP) is 1.60. The predicted molar refractivity (Wildman–Crippen MR) is 75.5 cm³/mol. The van der Waals surface area contributed by atoms with Crippen LogP contribution in [0.5, 0.6) is 0 Å². The van der Waals surface area contributed by atoms with E-state index in [0.717, 1.165) is 0 Å². The lowest BCUT2D eigenvalue weighted by atomic mass is 10.3. The fourth-order valence-electron chi connectivity index (χ4n) is 1.57. The Morgan fingerprint density at radius 2 is 1.90 bits per heavy atom. The summed E-state index contributed by atoms with van der Waals surface area (Å²) < 4.78 is 39.6. The van der Waals surface area contributed by atoms with Gasteiger partial charge in [-0.3, -0.25) is 4.57 Å². The molecule has 0 unspecified atom stereocenters. The van der Waals surface area contributed by atoms with Gasteiger partial charge in [-0.1, -0.05) is 28.9 Å². The Labute approximate surface area is 121 Å². The molecule has 2 rings (SSSR count). The van der Waals surface area contributed by atoms with Crippen molar-refractivity contribution in [2.75, 3.05) is 5.75 Å². The molecule has 0 radical (unpaired) electrons. The summed E-state index contributed by atoms with van der Waals surface area (Å²) in [5, 5.41) is 7.37. The van der Waals surface area contributed by atoms with Crippen molar-refractivity contribution in [2.24, 2.45) is 3.77 Å². The van der Waals surface area contributed by atoms with Gasteiger partial charge in [0.25, 0.3) is 0 Å². The van der Waals surface area contributed by atoms with Crippen LogP contribution in [0.25, 0.3) is 5.69 Å². The van der Waals surface area contributed by atoms with Crippen molar-refractivity contribution in [1.82, 2.24) is 14.8 Å². The summed E-state index contributed by atoms with van der Waals surface area (Å²) in [6.07, 6.45) is 1.34. The monoisotopic (exact) mass is 334 g/mol. The quantitative estimate of drug-likeness (QED) is 0.791. The molecule has 0 N–H and O–H groups in total. The highest BCUT2D eigenvalue weighted by Crippen LogP contribution is 2.18. The normalized spacial score (nSPS) is 14.7. The van der Waals surface area contributed by atoms with E-state index in [1.54, 1.807) is 24.3 Å². The smallest absolute Gasteiger partial charge is 0.274 e. The van der Waals surface area contributed by atoms with Crippen LogP contribution >= 0.6 is 10.7 Å². The van der Waals surface area contributed by atoms with Crippen LogP contribution in [0, 0.1) is 0 Å². The summed E-state index contributed by atoms with van der Waals surface area (Å²) in [4.78, 5) is 0. The van der Waals surface area contributed by atoms with Gasteiger partial charge in [0.05, 0.1) is 0 Å². The highest BCUT2D eigenvalue weighted by atomic mass is 35.7. The number of para-hydroxylation sites is 1. The Morgan fingerprint density at radius 1 is 1.25 bits per heavy atom. The molecule has 7 nitrogen and oxygen atoms in total. The Kier molecular flexibility index (Phi) is 4.11. The number of benzene rings is 1. The summed E-state index contributed by atoms with van der Waals surface area (Å²) in [7, 11) is -2.50. The number of hydrogen-bond donors (Lipinski definition) is 0. The summed E-state index contributed by atoms with van der Waals surface area (Å²) in [6, 6.07) is 8.87. The number of hydrogen-bond acceptors (Lipinski definition) is 5. The number of rotatable bonds is 4. The van der Waals surface area contributed by atoms with E-state index in [4.69, 9.17) is 10.7 Å². The molecule has 0 spiro atoms. The second-order valence-corrected chi connectivity index (χ2v) is 8.55. The van der Waals surface area contributed by atoms with Crippen molar-refractivity contribution in [3.63, 3.8) is 0 Å². The molecule has 0 aliphatic heterocycles. The molecule has 0 fully saturated rings. The second-order valence-electron chi connectivity index (χ2n) is 3.73. The molecule has 10 heteroatoms. The van der Waals surface area contributed by atoms with Crippen molar-refractivity contribution < 1.29 is 12.6 Å². The third-order valence-electron chi connectivity index (χ3n) is 2.44. The molecule has 0 amide bonds. The van der Waals surface area contributed by atoms with Gasteiger partial charge in [-0.25, -0.2) is 4.21 Å². The van der Waals surface area contributed by atoms with Crippen molar-refractivity contribution in [3.05, 3.63) is 36.7 Å². The summed E-state index contributed by atoms with van der Waals surface area (Å²) in [5.74, 6) is -0.0511. The highest BCUT2D eigenvalue weighted by Gasteiger charge is 2.22. The van der Waals surface area contributed by atoms with Crippen LogP contribution in [0.2, 0.25) is 0 Å². The first-order chi connectivity index (χ1) is 9.36. The molecule has 1 aromatic heterocycles. The van der Waals surface area contributed by atoms with Crippen LogP contribution in [0.4, 0.5) is 0 Å². The Morgan fingerprint density at radius 3 is 2.45 bits per heavy atom. The minimum absolute atomic E-state index is 0.0459. The molecule has 108 valence electrons. The molecule has 20 heavy (non-hydrogen) atoms. The molecule has 1 aromatic carbocycles. The van der Waals surface area contributed by atoms with E-state index in [-0.39, 0.29) is 10.9 Å². The first kappa shape index (κ1) is 14.9. The lowest BCUT2D eigenvalue weighted by Gasteiger charge is -2.08. The molecule has 0 aliphatic rings. The van der Waals surface area contributed by atoms with Crippen molar-refractivity contribution in [1.29, 1.82) is 0 Å². The van der Waals surface area contributed by atoms with Gasteiger partial charge in [0.1, 0.15) is 16.1 Å². The Balaban J connectivity index is 2.69. The summed E-state index contributed by atoms with van der Waals surface area (Å²) in [6.45, 7) is 1.54. The Bertz CT molecular complexity index is 823. The molecule has 1 heterocycles. The van der Waals surface area contributed by atoms with Gasteiger partial charge in [-0.05, 0) is 12.1 Å². The van der Waals surface area contributed by atoms with Gasteiger partial charge in [-0.2, -0.15) is 8.42 Å². The fourth-order valence-corrected chi connectivity index (χ4v) is 5.12. The van der Waals surface area contributed by atoms with E-state index in [2.05, 4.69) is 14.0 Å². The standard InChI is InChI=1S/C10H11ClN4O3S2/c1-2-19(16,14-20(11,17)18)10-13-12-8-15(10)9-6-4-3-5-7-9/h3-8H,2H2,1H3/t19-/m1/s1. The van der Waals surface area contributed by atoms with Crippen LogP contribution in [0.15, 0.2) is 45.6 Å². The molecule has 0 aliphatic carbocycles. The first-order valence-electron chi connectivity index (χ1n) is 5.52. The minimum Gasteiger partial charge on any atom is -0.274 e. The molecule has 0 bridgehead atoms. The van der Waals surface area contributed by atoms with E-state index in [0.29, 0.717) is 5.69 Å². The fraction of sp³-hybridized carbons (Fsp3) is 0.200. The molecule has 1 atom stereocenters. The van der Waals surface area contributed by atoms with Crippen molar-refractivity contribution in [3.8, 4) is 5.69 Å². The number of nitrogens with zero attached hydrogens (tertiary/aromatic N) is 4. The topological polar surface area (TPSA) is 94.3 Å². The van der Waals surface area contributed by atoms with Crippen LogP contribution in [0.1, 0.15) is 6.92 Å². The summed E-state index contributed by atoms with van der Waals surface area (Å²) >= 11 is 0. The zero-order chi connectivity index (χ0) is 14.8.